The molecule has 0 rings (SSSR count). The van der Waals surface area contributed by atoms with Gasteiger partial charge in [0.15, 0.2) is 0 Å². The first-order valence-electron chi connectivity index (χ1n) is 2.71. The summed E-state index contributed by atoms with van der Waals surface area (Å²) in [7, 11) is 3.82. The van der Waals surface area contributed by atoms with Gasteiger partial charge in [-0.05, 0) is 0 Å². The van der Waals surface area contributed by atoms with E-state index in [1.165, 1.54) is 11.8 Å². The molecule has 1 nitrogen and oxygen atoms in total. The fraction of sp³-hybridized carbons (Fsp3) is 0.500. The quantitative estimate of drug-likeness (QED) is 0.623. The van der Waals surface area contributed by atoms with Gasteiger partial charge in [0.05, 0.1) is 0 Å². The van der Waals surface area contributed by atoms with Crippen LogP contribution in [0.5, 0.6) is 0 Å². The SMILES string of the molecule is C=C(Cl)CSC(=S)N(C)C. The molecule has 0 heterocycles. The van der Waals surface area contributed by atoms with Crippen molar-refractivity contribution in [2.45, 2.75) is 0 Å². The van der Waals surface area contributed by atoms with E-state index in [4.69, 9.17) is 23.8 Å². The summed E-state index contributed by atoms with van der Waals surface area (Å²) < 4.78 is 0.835. The summed E-state index contributed by atoms with van der Waals surface area (Å²) >= 11 is 12.0. The zero-order chi connectivity index (χ0) is 8.15. The average Bonchev–Trinajstić information content (AvgIpc) is 1.82. The summed E-state index contributed by atoms with van der Waals surface area (Å²) in [5.41, 5.74) is 0. The van der Waals surface area contributed by atoms with E-state index in [1.807, 2.05) is 19.0 Å². The average molecular weight is 196 g/mol. The monoisotopic (exact) mass is 195 g/mol. The topological polar surface area (TPSA) is 3.24 Å². The van der Waals surface area contributed by atoms with Crippen LogP contribution in [0.15, 0.2) is 11.6 Å². The third-order valence-corrected chi connectivity index (χ3v) is 2.83. The van der Waals surface area contributed by atoms with Crippen molar-refractivity contribution < 1.29 is 0 Å². The number of hydrogen-bond acceptors (Lipinski definition) is 2. The third-order valence-electron chi connectivity index (χ3n) is 0.717. The van der Waals surface area contributed by atoms with Crippen molar-refractivity contribution in [2.75, 3.05) is 19.8 Å². The first kappa shape index (κ1) is 10.3. The van der Waals surface area contributed by atoms with Crippen LogP contribution in [-0.4, -0.2) is 29.1 Å². The molecule has 58 valence electrons. The lowest BCUT2D eigenvalue weighted by Crippen LogP contribution is -2.16. The van der Waals surface area contributed by atoms with Crippen LogP contribution in [0.2, 0.25) is 0 Å². The Hall–Kier alpha value is 0.270. The molecule has 0 saturated heterocycles. The van der Waals surface area contributed by atoms with E-state index >= 15 is 0 Å². The van der Waals surface area contributed by atoms with Gasteiger partial charge in [0.25, 0.3) is 0 Å². The minimum atomic E-state index is 0.634. The predicted molar refractivity (Wildman–Crippen MR) is 53.7 cm³/mol. The largest absolute Gasteiger partial charge is 0.364 e. The highest BCUT2D eigenvalue weighted by atomic mass is 35.5. The number of rotatable bonds is 2. The Morgan fingerprint density at radius 2 is 2.20 bits per heavy atom. The normalized spacial score (nSPS) is 9.10. The van der Waals surface area contributed by atoms with Crippen molar-refractivity contribution in [1.82, 2.24) is 4.90 Å². The van der Waals surface area contributed by atoms with Gasteiger partial charge >= 0.3 is 0 Å². The molecule has 0 atom stereocenters. The van der Waals surface area contributed by atoms with Gasteiger partial charge in [-0.15, -0.1) is 0 Å². The van der Waals surface area contributed by atoms with Gasteiger partial charge in [-0.3, -0.25) is 0 Å². The van der Waals surface area contributed by atoms with Crippen LogP contribution in [0.1, 0.15) is 0 Å². The zero-order valence-corrected chi connectivity index (χ0v) is 8.44. The standard InChI is InChI=1S/C6H10ClNS2/c1-5(7)4-10-6(9)8(2)3/h1,4H2,2-3H3. The molecule has 0 aliphatic heterocycles. The summed E-state index contributed by atoms with van der Waals surface area (Å²) in [5, 5.41) is 0.634. The summed E-state index contributed by atoms with van der Waals surface area (Å²) in [6, 6.07) is 0. The van der Waals surface area contributed by atoms with E-state index in [0.717, 1.165) is 4.32 Å². The molecule has 0 aromatic heterocycles. The van der Waals surface area contributed by atoms with Crippen molar-refractivity contribution in [1.29, 1.82) is 0 Å². The Morgan fingerprint density at radius 1 is 1.70 bits per heavy atom. The number of thiocarbonyl (C=S) groups is 1. The zero-order valence-electron chi connectivity index (χ0n) is 6.06. The number of thioether (sulfide) groups is 1. The van der Waals surface area contributed by atoms with E-state index < -0.39 is 0 Å². The molecule has 0 amide bonds. The van der Waals surface area contributed by atoms with Crippen LogP contribution in [0.25, 0.3) is 0 Å². The molecule has 0 aliphatic carbocycles. The Morgan fingerprint density at radius 3 is 2.50 bits per heavy atom. The van der Waals surface area contributed by atoms with Crippen LogP contribution < -0.4 is 0 Å². The van der Waals surface area contributed by atoms with Crippen molar-refractivity contribution in [2.24, 2.45) is 0 Å². The maximum Gasteiger partial charge on any atom is 0.136 e. The van der Waals surface area contributed by atoms with Gasteiger partial charge < -0.3 is 4.90 Å². The second-order valence-electron chi connectivity index (χ2n) is 1.97. The van der Waals surface area contributed by atoms with Gasteiger partial charge in [-0.25, -0.2) is 0 Å². The summed E-state index contributed by atoms with van der Waals surface area (Å²) in [5.74, 6) is 0.693. The Labute approximate surface area is 76.4 Å². The van der Waals surface area contributed by atoms with Crippen LogP contribution in [0.3, 0.4) is 0 Å². The molecule has 0 spiro atoms. The highest BCUT2D eigenvalue weighted by molar-refractivity contribution is 8.23. The van der Waals surface area contributed by atoms with E-state index in [-0.39, 0.29) is 0 Å². The second kappa shape index (κ2) is 4.99. The molecule has 0 aromatic rings. The van der Waals surface area contributed by atoms with Crippen molar-refractivity contribution in [3.63, 3.8) is 0 Å². The van der Waals surface area contributed by atoms with Crippen molar-refractivity contribution in [3.05, 3.63) is 11.6 Å². The number of hydrogen-bond donors (Lipinski definition) is 0. The van der Waals surface area contributed by atoms with Crippen LogP contribution in [-0.2, 0) is 0 Å². The molecular formula is C6H10ClNS2. The highest BCUT2D eigenvalue weighted by Crippen LogP contribution is 2.12. The lowest BCUT2D eigenvalue weighted by molar-refractivity contribution is 0.648. The fourth-order valence-corrected chi connectivity index (χ4v) is 1.15. The number of nitrogens with zero attached hydrogens (tertiary/aromatic N) is 1. The molecule has 10 heavy (non-hydrogen) atoms. The fourth-order valence-electron chi connectivity index (χ4n) is 0.269. The molecule has 0 aliphatic rings. The Kier molecular flexibility index (Phi) is 5.13. The summed E-state index contributed by atoms with van der Waals surface area (Å²) in [4.78, 5) is 1.87. The minimum Gasteiger partial charge on any atom is -0.364 e. The van der Waals surface area contributed by atoms with Crippen LogP contribution in [0.4, 0.5) is 0 Å². The molecule has 4 heteroatoms. The molecule has 0 N–H and O–H groups in total. The maximum absolute atomic E-state index is 5.53. The van der Waals surface area contributed by atoms with Crippen LogP contribution >= 0.6 is 35.6 Å². The Bertz CT molecular complexity index is 145. The second-order valence-corrected chi connectivity index (χ2v) is 4.11. The molecule has 0 saturated carbocycles. The van der Waals surface area contributed by atoms with Gasteiger partial charge in [0.2, 0.25) is 0 Å². The van der Waals surface area contributed by atoms with Gasteiger partial charge in [0.1, 0.15) is 4.32 Å². The maximum atomic E-state index is 5.53. The molecule has 0 radical (unpaired) electrons. The first-order chi connectivity index (χ1) is 4.54. The molecule has 0 fully saturated rings. The highest BCUT2D eigenvalue weighted by Gasteiger charge is 1.98. The number of halogens is 1. The Balaban J connectivity index is 3.50. The molecule has 0 bridgehead atoms. The summed E-state index contributed by atoms with van der Waals surface area (Å²) in [6.45, 7) is 3.55. The minimum absolute atomic E-state index is 0.634. The predicted octanol–water partition coefficient (Wildman–Crippen LogP) is 2.32. The first-order valence-corrected chi connectivity index (χ1v) is 4.48. The lowest BCUT2D eigenvalue weighted by atomic mass is 10.7. The van der Waals surface area contributed by atoms with E-state index in [1.54, 1.807) is 0 Å². The third kappa shape index (κ3) is 5.09. The van der Waals surface area contributed by atoms with Gasteiger partial charge in [-0.1, -0.05) is 42.2 Å². The molecule has 0 aromatic carbocycles. The van der Waals surface area contributed by atoms with Gasteiger partial charge in [-0.2, -0.15) is 0 Å². The van der Waals surface area contributed by atoms with Crippen molar-refractivity contribution in [3.8, 4) is 0 Å². The lowest BCUT2D eigenvalue weighted by Gasteiger charge is -2.11. The van der Waals surface area contributed by atoms with E-state index in [2.05, 4.69) is 6.58 Å². The van der Waals surface area contributed by atoms with E-state index in [9.17, 15) is 0 Å². The molecule has 0 unspecified atom stereocenters. The smallest absolute Gasteiger partial charge is 0.136 e. The molecular weight excluding hydrogens is 186 g/mol. The van der Waals surface area contributed by atoms with Gasteiger partial charge in [0, 0.05) is 24.9 Å². The van der Waals surface area contributed by atoms with E-state index in [0.29, 0.717) is 10.8 Å². The summed E-state index contributed by atoms with van der Waals surface area (Å²) in [6.07, 6.45) is 0. The van der Waals surface area contributed by atoms with Crippen LogP contribution in [0, 0.1) is 0 Å². The van der Waals surface area contributed by atoms with Crippen molar-refractivity contribution >= 4 is 39.9 Å².